The van der Waals surface area contributed by atoms with Crippen LogP contribution < -0.4 is 0 Å². The lowest BCUT2D eigenvalue weighted by Crippen LogP contribution is -2.06. The van der Waals surface area contributed by atoms with Gasteiger partial charge in [0.1, 0.15) is 5.15 Å². The fourth-order valence-corrected chi connectivity index (χ4v) is 1.55. The molecule has 2 aromatic heterocycles. The lowest BCUT2D eigenvalue weighted by Gasteiger charge is -2.05. The molecular weight excluding hydrogens is 198 g/mol. The average molecular weight is 210 g/mol. The lowest BCUT2D eigenvalue weighted by molar-refractivity contribution is 0.492. The molecule has 0 aliphatic carbocycles. The smallest absolute Gasteiger partial charge is 0.159 e. The Morgan fingerprint density at radius 2 is 2.21 bits per heavy atom. The third-order valence-corrected chi connectivity index (χ3v) is 2.20. The minimum atomic E-state index is 0.517. The number of hydrogen-bond acceptors (Lipinski definition) is 2. The third-order valence-electron chi connectivity index (χ3n) is 1.99. The highest BCUT2D eigenvalue weighted by Crippen LogP contribution is 2.15. The topological polar surface area (TPSA) is 30.7 Å². The molecule has 2 heterocycles. The summed E-state index contributed by atoms with van der Waals surface area (Å²) in [5.74, 6) is 0.555. The van der Waals surface area contributed by atoms with E-state index in [1.54, 1.807) is 6.07 Å². The van der Waals surface area contributed by atoms with Gasteiger partial charge in [-0.1, -0.05) is 25.4 Å². The quantitative estimate of drug-likeness (QED) is 0.713. The monoisotopic (exact) mass is 209 g/mol. The SMILES string of the molecule is CC(C)Cn1ncc2ccc(Cl)nc21. The van der Waals surface area contributed by atoms with Gasteiger partial charge < -0.3 is 0 Å². The molecule has 0 aromatic carbocycles. The molecule has 0 bridgehead atoms. The predicted molar refractivity (Wildman–Crippen MR) is 57.4 cm³/mol. The maximum absolute atomic E-state index is 5.83. The van der Waals surface area contributed by atoms with Crippen LogP contribution in [0.2, 0.25) is 5.15 Å². The third kappa shape index (κ3) is 1.73. The zero-order valence-corrected chi connectivity index (χ0v) is 8.99. The van der Waals surface area contributed by atoms with Crippen molar-refractivity contribution < 1.29 is 0 Å². The van der Waals surface area contributed by atoms with E-state index >= 15 is 0 Å². The van der Waals surface area contributed by atoms with Crippen LogP contribution in [-0.2, 0) is 6.54 Å². The number of halogens is 1. The van der Waals surface area contributed by atoms with Crippen molar-refractivity contribution in [1.29, 1.82) is 0 Å². The van der Waals surface area contributed by atoms with E-state index in [-0.39, 0.29) is 0 Å². The van der Waals surface area contributed by atoms with Gasteiger partial charge in [-0.2, -0.15) is 5.10 Å². The largest absolute Gasteiger partial charge is 0.247 e. The minimum absolute atomic E-state index is 0.517. The van der Waals surface area contributed by atoms with Crippen LogP contribution in [0.4, 0.5) is 0 Å². The van der Waals surface area contributed by atoms with E-state index in [4.69, 9.17) is 11.6 Å². The van der Waals surface area contributed by atoms with Crippen LogP contribution in [0.15, 0.2) is 18.3 Å². The van der Waals surface area contributed by atoms with Gasteiger partial charge in [0, 0.05) is 11.9 Å². The second kappa shape index (κ2) is 3.58. The molecule has 0 aliphatic heterocycles. The van der Waals surface area contributed by atoms with Crippen LogP contribution in [0.1, 0.15) is 13.8 Å². The molecule has 0 atom stereocenters. The molecule has 0 radical (unpaired) electrons. The standard InChI is InChI=1S/C10H12ClN3/c1-7(2)6-14-10-8(5-12-14)3-4-9(11)13-10/h3-5,7H,6H2,1-2H3. The first kappa shape index (κ1) is 9.46. The Morgan fingerprint density at radius 1 is 1.43 bits per heavy atom. The van der Waals surface area contributed by atoms with Crippen LogP contribution in [0.25, 0.3) is 11.0 Å². The highest BCUT2D eigenvalue weighted by atomic mass is 35.5. The number of fused-ring (bicyclic) bond motifs is 1. The Kier molecular flexibility index (Phi) is 2.42. The molecule has 4 heteroatoms. The van der Waals surface area contributed by atoms with E-state index < -0.39 is 0 Å². The summed E-state index contributed by atoms with van der Waals surface area (Å²) in [6, 6.07) is 3.72. The summed E-state index contributed by atoms with van der Waals surface area (Å²) >= 11 is 5.83. The van der Waals surface area contributed by atoms with Crippen molar-refractivity contribution in [1.82, 2.24) is 14.8 Å². The van der Waals surface area contributed by atoms with E-state index in [2.05, 4.69) is 23.9 Å². The van der Waals surface area contributed by atoms with Gasteiger partial charge in [-0.3, -0.25) is 0 Å². The van der Waals surface area contributed by atoms with Crippen molar-refractivity contribution in [2.75, 3.05) is 0 Å². The maximum atomic E-state index is 5.83. The highest BCUT2D eigenvalue weighted by molar-refractivity contribution is 6.29. The maximum Gasteiger partial charge on any atom is 0.159 e. The summed E-state index contributed by atoms with van der Waals surface area (Å²) in [5, 5.41) is 5.83. The molecule has 2 aromatic rings. The molecule has 0 aliphatic rings. The number of nitrogens with zero attached hydrogens (tertiary/aromatic N) is 3. The molecule has 3 nitrogen and oxygen atoms in total. The van der Waals surface area contributed by atoms with E-state index in [1.165, 1.54) is 0 Å². The summed E-state index contributed by atoms with van der Waals surface area (Å²) < 4.78 is 1.89. The second-order valence-corrected chi connectivity index (χ2v) is 4.15. The number of hydrogen-bond donors (Lipinski definition) is 0. The number of aromatic nitrogens is 3. The van der Waals surface area contributed by atoms with Gasteiger partial charge in [0.05, 0.1) is 6.20 Å². The molecular formula is C10H12ClN3. The predicted octanol–water partition coefficient (Wildman–Crippen LogP) is 2.74. The first-order chi connectivity index (χ1) is 6.66. The molecule has 2 rings (SSSR count). The van der Waals surface area contributed by atoms with Crippen LogP contribution in [0.3, 0.4) is 0 Å². The Labute approximate surface area is 87.7 Å². The van der Waals surface area contributed by atoms with Crippen molar-refractivity contribution in [3.8, 4) is 0 Å². The molecule has 0 saturated heterocycles. The molecule has 0 saturated carbocycles. The fraction of sp³-hybridized carbons (Fsp3) is 0.400. The lowest BCUT2D eigenvalue weighted by atomic mass is 10.2. The Hall–Kier alpha value is -1.09. The van der Waals surface area contributed by atoms with Gasteiger partial charge in [0.2, 0.25) is 0 Å². The van der Waals surface area contributed by atoms with Crippen molar-refractivity contribution >= 4 is 22.6 Å². The van der Waals surface area contributed by atoms with Crippen molar-refractivity contribution in [3.63, 3.8) is 0 Å². The van der Waals surface area contributed by atoms with Crippen molar-refractivity contribution in [2.24, 2.45) is 5.92 Å². The zero-order chi connectivity index (χ0) is 10.1. The summed E-state index contributed by atoms with van der Waals surface area (Å²) in [6.45, 7) is 5.17. The van der Waals surface area contributed by atoms with Crippen molar-refractivity contribution in [2.45, 2.75) is 20.4 Å². The molecule has 14 heavy (non-hydrogen) atoms. The van der Waals surface area contributed by atoms with Gasteiger partial charge in [-0.05, 0) is 18.1 Å². The van der Waals surface area contributed by atoms with Gasteiger partial charge in [0.15, 0.2) is 5.65 Å². The fourth-order valence-electron chi connectivity index (χ4n) is 1.41. The van der Waals surface area contributed by atoms with Crippen LogP contribution in [0.5, 0.6) is 0 Å². The van der Waals surface area contributed by atoms with E-state index in [9.17, 15) is 0 Å². The second-order valence-electron chi connectivity index (χ2n) is 3.77. The van der Waals surface area contributed by atoms with Gasteiger partial charge >= 0.3 is 0 Å². The Balaban J connectivity index is 2.50. The minimum Gasteiger partial charge on any atom is -0.247 e. The molecule has 0 N–H and O–H groups in total. The van der Waals surface area contributed by atoms with Gasteiger partial charge in [-0.15, -0.1) is 0 Å². The number of pyridine rings is 1. The van der Waals surface area contributed by atoms with Crippen LogP contribution in [0, 0.1) is 5.92 Å². The molecule has 74 valence electrons. The van der Waals surface area contributed by atoms with Crippen molar-refractivity contribution in [3.05, 3.63) is 23.5 Å². The van der Waals surface area contributed by atoms with Crippen LogP contribution >= 0.6 is 11.6 Å². The first-order valence-corrected chi connectivity index (χ1v) is 5.02. The van der Waals surface area contributed by atoms with Gasteiger partial charge in [0.25, 0.3) is 0 Å². The van der Waals surface area contributed by atoms with E-state index in [0.717, 1.165) is 17.6 Å². The van der Waals surface area contributed by atoms with Gasteiger partial charge in [-0.25, -0.2) is 9.67 Å². The molecule has 0 spiro atoms. The molecule has 0 unspecified atom stereocenters. The Morgan fingerprint density at radius 3 is 2.93 bits per heavy atom. The number of rotatable bonds is 2. The van der Waals surface area contributed by atoms with Crippen LogP contribution in [-0.4, -0.2) is 14.8 Å². The molecule has 0 fully saturated rings. The van der Waals surface area contributed by atoms with E-state index in [0.29, 0.717) is 11.1 Å². The normalized spacial score (nSPS) is 11.4. The van der Waals surface area contributed by atoms with E-state index in [1.807, 2.05) is 16.9 Å². The summed E-state index contributed by atoms with van der Waals surface area (Å²) in [7, 11) is 0. The average Bonchev–Trinajstić information content (AvgIpc) is 2.47. The molecule has 0 amide bonds. The zero-order valence-electron chi connectivity index (χ0n) is 8.24. The highest BCUT2D eigenvalue weighted by Gasteiger charge is 2.05. The summed E-state index contributed by atoms with van der Waals surface area (Å²) in [5.41, 5.74) is 0.867. The Bertz CT molecular complexity index is 448. The first-order valence-electron chi connectivity index (χ1n) is 4.65. The summed E-state index contributed by atoms with van der Waals surface area (Å²) in [4.78, 5) is 4.25. The summed E-state index contributed by atoms with van der Waals surface area (Å²) in [6.07, 6.45) is 1.82.